The topological polar surface area (TPSA) is 46.6 Å². The standard InChI is InChI=1S/C17H14BrNO3/c18-13-6-8-15(9-7-13)22-17(21)12-10-16(20)19(11-12)14-4-2-1-3-5-14/h1-9,12H,10-11H2. The Labute approximate surface area is 136 Å². The first-order chi connectivity index (χ1) is 10.6. The van der Waals surface area contributed by atoms with E-state index in [0.29, 0.717) is 12.3 Å². The first-order valence-electron chi connectivity index (χ1n) is 6.96. The van der Waals surface area contributed by atoms with Crippen molar-refractivity contribution in [2.75, 3.05) is 11.4 Å². The highest BCUT2D eigenvalue weighted by Crippen LogP contribution is 2.26. The molecule has 3 rings (SSSR count). The lowest BCUT2D eigenvalue weighted by molar-refractivity contribution is -0.139. The molecule has 0 bridgehead atoms. The van der Waals surface area contributed by atoms with Gasteiger partial charge in [0.1, 0.15) is 5.75 Å². The number of para-hydroxylation sites is 1. The number of esters is 1. The maximum Gasteiger partial charge on any atom is 0.316 e. The maximum absolute atomic E-state index is 12.2. The number of benzene rings is 2. The molecule has 0 radical (unpaired) electrons. The molecular weight excluding hydrogens is 346 g/mol. The Morgan fingerprint density at radius 3 is 2.45 bits per heavy atom. The van der Waals surface area contributed by atoms with Crippen molar-refractivity contribution >= 4 is 33.5 Å². The van der Waals surface area contributed by atoms with E-state index in [1.165, 1.54) is 0 Å². The number of rotatable bonds is 3. The van der Waals surface area contributed by atoms with Crippen LogP contribution < -0.4 is 9.64 Å². The maximum atomic E-state index is 12.2. The molecule has 0 spiro atoms. The van der Waals surface area contributed by atoms with Gasteiger partial charge in [-0.1, -0.05) is 34.1 Å². The fourth-order valence-corrected chi connectivity index (χ4v) is 2.69. The van der Waals surface area contributed by atoms with Crippen LogP contribution in [-0.4, -0.2) is 18.4 Å². The minimum Gasteiger partial charge on any atom is -0.426 e. The number of hydrogen-bond donors (Lipinski definition) is 0. The molecule has 5 heteroatoms. The van der Waals surface area contributed by atoms with Gasteiger partial charge in [-0.25, -0.2) is 0 Å². The van der Waals surface area contributed by atoms with Gasteiger partial charge < -0.3 is 9.64 Å². The van der Waals surface area contributed by atoms with Gasteiger partial charge >= 0.3 is 5.97 Å². The van der Waals surface area contributed by atoms with Gasteiger partial charge in [0.15, 0.2) is 0 Å². The van der Waals surface area contributed by atoms with Gasteiger partial charge in [-0.05, 0) is 36.4 Å². The molecule has 1 fully saturated rings. The molecule has 1 saturated heterocycles. The van der Waals surface area contributed by atoms with Crippen molar-refractivity contribution in [1.82, 2.24) is 0 Å². The van der Waals surface area contributed by atoms with Crippen LogP contribution in [0.2, 0.25) is 0 Å². The van der Waals surface area contributed by atoms with E-state index in [1.54, 1.807) is 29.2 Å². The molecule has 0 aromatic heterocycles. The zero-order valence-electron chi connectivity index (χ0n) is 11.7. The van der Waals surface area contributed by atoms with Gasteiger partial charge in [0.05, 0.1) is 5.92 Å². The number of halogens is 1. The van der Waals surface area contributed by atoms with Crippen molar-refractivity contribution in [2.45, 2.75) is 6.42 Å². The van der Waals surface area contributed by atoms with Gasteiger partial charge in [-0.15, -0.1) is 0 Å². The van der Waals surface area contributed by atoms with Crippen LogP contribution in [0.4, 0.5) is 5.69 Å². The summed E-state index contributed by atoms with van der Waals surface area (Å²) in [5, 5.41) is 0. The summed E-state index contributed by atoms with van der Waals surface area (Å²) in [6.07, 6.45) is 0.185. The highest BCUT2D eigenvalue weighted by atomic mass is 79.9. The Bertz CT molecular complexity index is 685. The summed E-state index contributed by atoms with van der Waals surface area (Å²) in [7, 11) is 0. The first-order valence-corrected chi connectivity index (χ1v) is 7.75. The van der Waals surface area contributed by atoms with Crippen LogP contribution in [0.3, 0.4) is 0 Å². The third-order valence-electron chi connectivity index (χ3n) is 3.56. The van der Waals surface area contributed by atoms with E-state index in [9.17, 15) is 9.59 Å². The summed E-state index contributed by atoms with van der Waals surface area (Å²) in [4.78, 5) is 25.9. The fourth-order valence-electron chi connectivity index (χ4n) is 2.43. The van der Waals surface area contributed by atoms with Crippen LogP contribution in [-0.2, 0) is 9.59 Å². The number of amides is 1. The minimum absolute atomic E-state index is 0.0519. The summed E-state index contributed by atoms with van der Waals surface area (Å²) in [5.74, 6) is -0.367. The van der Waals surface area contributed by atoms with Crippen molar-refractivity contribution < 1.29 is 14.3 Å². The Morgan fingerprint density at radius 1 is 1.09 bits per heavy atom. The molecule has 112 valence electrons. The number of anilines is 1. The third-order valence-corrected chi connectivity index (χ3v) is 4.09. The van der Waals surface area contributed by atoms with Crippen molar-refractivity contribution in [3.05, 3.63) is 59.1 Å². The average Bonchev–Trinajstić information content (AvgIpc) is 2.92. The predicted molar refractivity (Wildman–Crippen MR) is 86.7 cm³/mol. The van der Waals surface area contributed by atoms with Gasteiger partial charge in [-0.2, -0.15) is 0 Å². The van der Waals surface area contributed by atoms with Crippen LogP contribution in [0.1, 0.15) is 6.42 Å². The monoisotopic (exact) mass is 359 g/mol. The van der Waals surface area contributed by atoms with E-state index in [0.717, 1.165) is 10.2 Å². The molecule has 0 saturated carbocycles. The summed E-state index contributed by atoms with van der Waals surface area (Å²) in [6, 6.07) is 16.4. The molecule has 0 N–H and O–H groups in total. The third kappa shape index (κ3) is 3.20. The van der Waals surface area contributed by atoms with Gasteiger partial charge in [0, 0.05) is 23.1 Å². The molecule has 22 heavy (non-hydrogen) atoms. The van der Waals surface area contributed by atoms with E-state index in [-0.39, 0.29) is 18.3 Å². The first kappa shape index (κ1) is 14.8. The zero-order chi connectivity index (χ0) is 15.5. The van der Waals surface area contributed by atoms with Gasteiger partial charge in [0.2, 0.25) is 5.91 Å². The number of nitrogens with zero attached hydrogens (tertiary/aromatic N) is 1. The summed E-state index contributed by atoms with van der Waals surface area (Å²) < 4.78 is 6.26. The van der Waals surface area contributed by atoms with Crippen LogP contribution >= 0.6 is 15.9 Å². The fraction of sp³-hybridized carbons (Fsp3) is 0.176. The molecule has 2 aromatic rings. The Hall–Kier alpha value is -2.14. The lowest BCUT2D eigenvalue weighted by Gasteiger charge is -2.16. The average molecular weight is 360 g/mol. The van der Waals surface area contributed by atoms with E-state index in [2.05, 4.69) is 15.9 Å². The van der Waals surface area contributed by atoms with E-state index < -0.39 is 5.92 Å². The van der Waals surface area contributed by atoms with Crippen molar-refractivity contribution in [1.29, 1.82) is 0 Å². The molecule has 4 nitrogen and oxygen atoms in total. The van der Waals surface area contributed by atoms with Gasteiger partial charge in [-0.3, -0.25) is 9.59 Å². The Kier molecular flexibility index (Phi) is 4.24. The summed E-state index contributed by atoms with van der Waals surface area (Å²) in [5.41, 5.74) is 0.812. The molecule has 1 aliphatic heterocycles. The number of carbonyl (C=O) groups excluding carboxylic acids is 2. The second-order valence-corrected chi connectivity index (χ2v) is 6.03. The quantitative estimate of drug-likeness (QED) is 0.623. The van der Waals surface area contributed by atoms with Gasteiger partial charge in [0.25, 0.3) is 0 Å². The lowest BCUT2D eigenvalue weighted by atomic mass is 10.1. The summed E-state index contributed by atoms with van der Waals surface area (Å²) in [6.45, 7) is 0.359. The summed E-state index contributed by atoms with van der Waals surface area (Å²) >= 11 is 3.33. The Morgan fingerprint density at radius 2 is 1.77 bits per heavy atom. The normalized spacial score (nSPS) is 17.6. The number of carbonyl (C=O) groups is 2. The van der Waals surface area contributed by atoms with E-state index >= 15 is 0 Å². The highest BCUT2D eigenvalue weighted by molar-refractivity contribution is 9.10. The molecule has 2 aromatic carbocycles. The van der Waals surface area contributed by atoms with E-state index in [4.69, 9.17) is 4.74 Å². The molecule has 1 aliphatic rings. The lowest BCUT2D eigenvalue weighted by Crippen LogP contribution is -2.27. The van der Waals surface area contributed by atoms with Crippen LogP contribution in [0, 0.1) is 5.92 Å². The van der Waals surface area contributed by atoms with Crippen LogP contribution in [0.15, 0.2) is 59.1 Å². The highest BCUT2D eigenvalue weighted by Gasteiger charge is 2.36. The van der Waals surface area contributed by atoms with Crippen LogP contribution in [0.5, 0.6) is 5.75 Å². The molecule has 1 amide bonds. The predicted octanol–water partition coefficient (Wildman–Crippen LogP) is 3.41. The SMILES string of the molecule is O=C(Oc1ccc(Br)cc1)C1CC(=O)N(c2ccccc2)C1. The molecule has 1 atom stereocenters. The largest absolute Gasteiger partial charge is 0.426 e. The van der Waals surface area contributed by atoms with Crippen molar-refractivity contribution in [3.63, 3.8) is 0 Å². The molecular formula is C17H14BrNO3. The van der Waals surface area contributed by atoms with Crippen LogP contribution in [0.25, 0.3) is 0 Å². The number of ether oxygens (including phenoxy) is 1. The second kappa shape index (κ2) is 6.32. The van der Waals surface area contributed by atoms with Crippen molar-refractivity contribution in [3.8, 4) is 5.75 Å². The van der Waals surface area contributed by atoms with Crippen molar-refractivity contribution in [2.24, 2.45) is 5.92 Å². The zero-order valence-corrected chi connectivity index (χ0v) is 13.3. The smallest absolute Gasteiger partial charge is 0.316 e. The second-order valence-electron chi connectivity index (χ2n) is 5.12. The van der Waals surface area contributed by atoms with E-state index in [1.807, 2.05) is 30.3 Å². The molecule has 1 unspecified atom stereocenters. The minimum atomic E-state index is -0.434. The molecule has 1 heterocycles. The number of hydrogen-bond acceptors (Lipinski definition) is 3. The Balaban J connectivity index is 1.67. The molecule has 0 aliphatic carbocycles.